The van der Waals surface area contributed by atoms with E-state index in [0.29, 0.717) is 29.2 Å². The molecule has 2 aromatic rings. The van der Waals surface area contributed by atoms with E-state index in [0.717, 1.165) is 0 Å². The molecule has 9 nitrogen and oxygen atoms in total. The fraction of sp³-hybridized carbons (Fsp3) is 0.231. The highest BCUT2D eigenvalue weighted by Gasteiger charge is 2.17. The Balaban J connectivity index is 2.30. The molecule has 0 radical (unpaired) electrons. The molecule has 0 aliphatic heterocycles. The summed E-state index contributed by atoms with van der Waals surface area (Å²) in [7, 11) is 2.85. The molecule has 180 valence electrons. The van der Waals surface area contributed by atoms with Gasteiger partial charge in [0.15, 0.2) is 23.0 Å². The average Bonchev–Trinajstić information content (AvgIpc) is 2.87. The highest BCUT2D eigenvalue weighted by atomic mass is 16.6. The Morgan fingerprint density at radius 3 is 1.77 bits per heavy atom. The fourth-order valence-corrected chi connectivity index (χ4v) is 2.88. The largest absolute Gasteiger partial charge is 0.493 e. The Kier molecular flexibility index (Phi) is 9.89. The van der Waals surface area contributed by atoms with E-state index >= 15 is 0 Å². The van der Waals surface area contributed by atoms with Crippen LogP contribution in [0.15, 0.2) is 47.5 Å². The van der Waals surface area contributed by atoms with Crippen LogP contribution < -0.4 is 18.9 Å². The minimum Gasteiger partial charge on any atom is -0.493 e. The van der Waals surface area contributed by atoms with E-state index in [-0.39, 0.29) is 29.3 Å². The third-order valence-corrected chi connectivity index (χ3v) is 4.46. The standard InChI is InChI=1S/C26H24N2O7/c1-5-33-21-9-7-17(13-23(21)31-3)12-20(16-28)26(30)35-22-10-8-18(14-24(22)32-4)11-19(15-27)25(29)34-6-2/h7-14H,5-6H2,1-4H3/b19-11+,20-12+. The second-order valence-corrected chi connectivity index (χ2v) is 6.70. The highest BCUT2D eigenvalue weighted by Crippen LogP contribution is 2.31. The van der Waals surface area contributed by atoms with Gasteiger partial charge in [-0.25, -0.2) is 9.59 Å². The zero-order chi connectivity index (χ0) is 25.8. The molecular formula is C26H24N2O7. The number of benzene rings is 2. The van der Waals surface area contributed by atoms with Crippen molar-refractivity contribution in [3.8, 4) is 35.1 Å². The smallest absolute Gasteiger partial charge is 0.354 e. The molecule has 0 saturated heterocycles. The van der Waals surface area contributed by atoms with Crippen molar-refractivity contribution < 1.29 is 33.3 Å². The van der Waals surface area contributed by atoms with Crippen LogP contribution in [0.4, 0.5) is 0 Å². The van der Waals surface area contributed by atoms with Crippen molar-refractivity contribution in [2.24, 2.45) is 0 Å². The zero-order valence-corrected chi connectivity index (χ0v) is 19.8. The monoisotopic (exact) mass is 476 g/mol. The summed E-state index contributed by atoms with van der Waals surface area (Å²) in [6.45, 7) is 4.07. The Morgan fingerprint density at radius 2 is 1.29 bits per heavy atom. The molecule has 0 N–H and O–H groups in total. The third-order valence-electron chi connectivity index (χ3n) is 4.46. The van der Waals surface area contributed by atoms with Crippen LogP contribution in [0, 0.1) is 22.7 Å². The van der Waals surface area contributed by atoms with E-state index in [1.807, 2.05) is 13.0 Å². The van der Waals surface area contributed by atoms with Gasteiger partial charge in [0.1, 0.15) is 23.3 Å². The number of rotatable bonds is 10. The molecule has 0 saturated carbocycles. The molecule has 0 unspecified atom stereocenters. The lowest BCUT2D eigenvalue weighted by molar-refractivity contribution is -0.138. The molecule has 9 heteroatoms. The predicted molar refractivity (Wildman–Crippen MR) is 127 cm³/mol. The van der Waals surface area contributed by atoms with Gasteiger partial charge in [-0.05, 0) is 61.4 Å². The first-order valence-electron chi connectivity index (χ1n) is 10.5. The van der Waals surface area contributed by atoms with Crippen molar-refractivity contribution in [3.63, 3.8) is 0 Å². The summed E-state index contributed by atoms with van der Waals surface area (Å²) >= 11 is 0. The van der Waals surface area contributed by atoms with Crippen molar-refractivity contribution in [1.29, 1.82) is 10.5 Å². The second kappa shape index (κ2) is 13.1. The summed E-state index contributed by atoms with van der Waals surface area (Å²) in [4.78, 5) is 24.5. The summed E-state index contributed by atoms with van der Waals surface area (Å²) in [6.07, 6.45) is 2.69. The molecule has 35 heavy (non-hydrogen) atoms. The lowest BCUT2D eigenvalue weighted by Crippen LogP contribution is -2.11. The molecule has 0 atom stereocenters. The van der Waals surface area contributed by atoms with E-state index in [9.17, 15) is 20.1 Å². The maximum absolute atomic E-state index is 12.7. The van der Waals surface area contributed by atoms with E-state index in [1.165, 1.54) is 44.6 Å². The first kappa shape index (κ1) is 26.5. The number of esters is 2. The van der Waals surface area contributed by atoms with E-state index in [2.05, 4.69) is 0 Å². The topological polar surface area (TPSA) is 128 Å². The summed E-state index contributed by atoms with van der Waals surface area (Å²) in [5, 5.41) is 18.7. The van der Waals surface area contributed by atoms with Crippen molar-refractivity contribution in [2.75, 3.05) is 27.4 Å². The molecule has 0 aliphatic carbocycles. The molecule has 0 amide bonds. The summed E-state index contributed by atoms with van der Waals surface area (Å²) in [5.41, 5.74) is 0.536. The predicted octanol–water partition coefficient (Wildman–Crippen LogP) is 4.09. The number of hydrogen-bond acceptors (Lipinski definition) is 9. The minimum absolute atomic E-state index is 0.0507. The van der Waals surface area contributed by atoms with Crippen LogP contribution in [0.3, 0.4) is 0 Å². The van der Waals surface area contributed by atoms with Gasteiger partial charge >= 0.3 is 11.9 Å². The number of methoxy groups -OCH3 is 2. The number of hydrogen-bond donors (Lipinski definition) is 0. The summed E-state index contributed by atoms with van der Waals surface area (Å²) < 4.78 is 26.2. The van der Waals surface area contributed by atoms with Gasteiger partial charge < -0.3 is 23.7 Å². The maximum atomic E-state index is 12.7. The van der Waals surface area contributed by atoms with Crippen LogP contribution in [0.5, 0.6) is 23.0 Å². The van der Waals surface area contributed by atoms with Crippen LogP contribution in [0.25, 0.3) is 12.2 Å². The molecule has 2 rings (SSSR count). The number of nitriles is 2. The fourth-order valence-electron chi connectivity index (χ4n) is 2.88. The average molecular weight is 476 g/mol. The maximum Gasteiger partial charge on any atom is 0.354 e. The molecule has 0 aromatic heterocycles. The lowest BCUT2D eigenvalue weighted by atomic mass is 10.1. The van der Waals surface area contributed by atoms with Crippen LogP contribution in [0.1, 0.15) is 25.0 Å². The van der Waals surface area contributed by atoms with Crippen molar-refractivity contribution in [2.45, 2.75) is 13.8 Å². The molecule has 0 aliphatic rings. The van der Waals surface area contributed by atoms with E-state index in [1.54, 1.807) is 31.2 Å². The molecule has 0 bridgehead atoms. The lowest BCUT2D eigenvalue weighted by Gasteiger charge is -2.11. The van der Waals surface area contributed by atoms with Crippen LogP contribution >= 0.6 is 0 Å². The first-order valence-corrected chi connectivity index (χ1v) is 10.5. The van der Waals surface area contributed by atoms with E-state index in [4.69, 9.17) is 23.7 Å². The number of ether oxygens (including phenoxy) is 5. The van der Waals surface area contributed by atoms with Crippen LogP contribution in [0.2, 0.25) is 0 Å². The first-order chi connectivity index (χ1) is 16.9. The quantitative estimate of drug-likeness (QED) is 0.215. The Bertz CT molecular complexity index is 1230. The van der Waals surface area contributed by atoms with Crippen molar-refractivity contribution in [1.82, 2.24) is 0 Å². The number of carbonyl (C=O) groups excluding carboxylic acids is 2. The minimum atomic E-state index is -0.897. The molecule has 0 spiro atoms. The van der Waals surface area contributed by atoms with Gasteiger partial charge in [0.25, 0.3) is 0 Å². The van der Waals surface area contributed by atoms with Crippen molar-refractivity contribution in [3.05, 3.63) is 58.7 Å². The van der Waals surface area contributed by atoms with Gasteiger partial charge in [0.2, 0.25) is 0 Å². The van der Waals surface area contributed by atoms with Gasteiger partial charge in [-0.1, -0.05) is 12.1 Å². The zero-order valence-electron chi connectivity index (χ0n) is 19.8. The molecule has 0 heterocycles. The van der Waals surface area contributed by atoms with E-state index < -0.39 is 11.9 Å². The molecule has 2 aromatic carbocycles. The highest BCUT2D eigenvalue weighted by molar-refractivity contribution is 6.00. The molecular weight excluding hydrogens is 452 g/mol. The van der Waals surface area contributed by atoms with Crippen molar-refractivity contribution >= 4 is 24.1 Å². The second-order valence-electron chi connectivity index (χ2n) is 6.70. The Labute approximate surface area is 203 Å². The Hall–Kier alpha value is -4.76. The van der Waals surface area contributed by atoms with Gasteiger partial charge in [-0.3, -0.25) is 0 Å². The number of carbonyl (C=O) groups is 2. The summed E-state index contributed by atoms with van der Waals surface area (Å²) in [5.74, 6) is -0.445. The third kappa shape index (κ3) is 7.11. The number of nitrogens with zero attached hydrogens (tertiary/aromatic N) is 2. The normalized spacial score (nSPS) is 11.0. The van der Waals surface area contributed by atoms with Gasteiger partial charge in [-0.15, -0.1) is 0 Å². The SMILES string of the molecule is CCOC(=O)/C(C#N)=C/c1ccc(OC(=O)/C(C#N)=C/c2ccc(OCC)c(OC)c2)c(OC)c1. The molecule has 0 fully saturated rings. The van der Waals surface area contributed by atoms with Gasteiger partial charge in [0.05, 0.1) is 27.4 Å². The van der Waals surface area contributed by atoms with Crippen LogP contribution in [-0.2, 0) is 14.3 Å². The van der Waals surface area contributed by atoms with Gasteiger partial charge in [-0.2, -0.15) is 10.5 Å². The summed E-state index contributed by atoms with van der Waals surface area (Å²) in [6, 6.07) is 13.0. The van der Waals surface area contributed by atoms with Gasteiger partial charge in [0, 0.05) is 0 Å². The Morgan fingerprint density at radius 1 is 0.771 bits per heavy atom. The van der Waals surface area contributed by atoms with Crippen LogP contribution in [-0.4, -0.2) is 39.4 Å².